The van der Waals surface area contributed by atoms with Crippen LogP contribution in [0.25, 0.3) is 11.1 Å². The Morgan fingerprint density at radius 3 is 2.48 bits per heavy atom. The first-order valence-corrected chi connectivity index (χ1v) is 9.43. The van der Waals surface area contributed by atoms with E-state index in [9.17, 15) is 4.79 Å². The van der Waals surface area contributed by atoms with Gasteiger partial charge in [-0.2, -0.15) is 0 Å². The fourth-order valence-electron chi connectivity index (χ4n) is 3.49. The van der Waals surface area contributed by atoms with Crippen LogP contribution in [0, 0.1) is 0 Å². The van der Waals surface area contributed by atoms with Crippen molar-refractivity contribution in [2.45, 2.75) is 18.9 Å². The molecular formula is C20H24Cl3N3O. The molecule has 1 aliphatic rings. The van der Waals surface area contributed by atoms with Crippen molar-refractivity contribution in [1.82, 2.24) is 4.90 Å². The molecule has 27 heavy (non-hydrogen) atoms. The molecule has 4 nitrogen and oxygen atoms in total. The Balaban J connectivity index is 0.00000261. The zero-order chi connectivity index (χ0) is 18.8. The van der Waals surface area contributed by atoms with Crippen LogP contribution in [-0.2, 0) is 0 Å². The highest BCUT2D eigenvalue weighted by atomic mass is 35.5. The minimum absolute atomic E-state index is 0. The Kier molecular flexibility index (Phi) is 7.40. The topological polar surface area (TPSA) is 49.6 Å². The van der Waals surface area contributed by atoms with Crippen LogP contribution in [0.3, 0.4) is 0 Å². The number of carbonyl (C=O) groups excluding carboxylic acids is 1. The molecule has 0 unspecified atom stereocenters. The molecule has 146 valence electrons. The van der Waals surface area contributed by atoms with Gasteiger partial charge in [-0.15, -0.1) is 12.4 Å². The van der Waals surface area contributed by atoms with Crippen LogP contribution in [-0.4, -0.2) is 44.0 Å². The summed E-state index contributed by atoms with van der Waals surface area (Å²) in [5, 5.41) is 0.565. The largest absolute Gasteiger partial charge is 0.371 e. The Morgan fingerprint density at radius 2 is 1.85 bits per heavy atom. The van der Waals surface area contributed by atoms with Crippen LogP contribution in [0.2, 0.25) is 10.0 Å². The van der Waals surface area contributed by atoms with Crippen molar-refractivity contribution in [2.24, 2.45) is 5.73 Å². The zero-order valence-corrected chi connectivity index (χ0v) is 17.7. The van der Waals surface area contributed by atoms with Crippen LogP contribution in [0.4, 0.5) is 5.69 Å². The first-order chi connectivity index (χ1) is 12.4. The molecule has 1 fully saturated rings. The summed E-state index contributed by atoms with van der Waals surface area (Å²) < 4.78 is 0. The van der Waals surface area contributed by atoms with Gasteiger partial charge in [-0.1, -0.05) is 41.4 Å². The molecule has 2 aromatic rings. The predicted octanol–water partition coefficient (Wildman–Crippen LogP) is 4.71. The van der Waals surface area contributed by atoms with Crippen molar-refractivity contribution in [2.75, 3.05) is 32.1 Å². The predicted molar refractivity (Wildman–Crippen MR) is 117 cm³/mol. The lowest BCUT2D eigenvalue weighted by Crippen LogP contribution is -2.41. The van der Waals surface area contributed by atoms with Gasteiger partial charge in [0.15, 0.2) is 0 Å². The van der Waals surface area contributed by atoms with Gasteiger partial charge in [0.2, 0.25) is 0 Å². The van der Waals surface area contributed by atoms with Crippen molar-refractivity contribution in [3.63, 3.8) is 0 Å². The highest BCUT2D eigenvalue weighted by Gasteiger charge is 2.22. The number of hydrogen-bond acceptors (Lipinski definition) is 3. The average molecular weight is 429 g/mol. The molecule has 0 atom stereocenters. The molecule has 1 saturated heterocycles. The normalized spacial score (nSPS) is 15.3. The van der Waals surface area contributed by atoms with Crippen molar-refractivity contribution < 1.29 is 4.79 Å². The Bertz CT molecular complexity index is 820. The Labute approximate surface area is 176 Å². The monoisotopic (exact) mass is 427 g/mol. The number of hydrogen-bond donors (Lipinski definition) is 1. The SMILES string of the molecule is CN1CCC(N(C)c2cccc(-c3ccc(Cl)c(C(N)=O)c3Cl)c2)CC1.Cl. The van der Waals surface area contributed by atoms with Crippen molar-refractivity contribution in [3.8, 4) is 11.1 Å². The number of halogens is 3. The van der Waals surface area contributed by atoms with Crippen molar-refractivity contribution >= 4 is 47.2 Å². The van der Waals surface area contributed by atoms with Gasteiger partial charge >= 0.3 is 0 Å². The number of piperidine rings is 1. The van der Waals surface area contributed by atoms with Crippen LogP contribution in [0.15, 0.2) is 36.4 Å². The van der Waals surface area contributed by atoms with Gasteiger partial charge in [0, 0.05) is 24.3 Å². The van der Waals surface area contributed by atoms with Crippen molar-refractivity contribution in [1.29, 1.82) is 0 Å². The van der Waals surface area contributed by atoms with E-state index in [1.165, 1.54) is 0 Å². The molecule has 0 bridgehead atoms. The van der Waals surface area contributed by atoms with E-state index in [0.717, 1.165) is 42.7 Å². The lowest BCUT2D eigenvalue weighted by atomic mass is 10.00. The average Bonchev–Trinajstić information content (AvgIpc) is 2.61. The quantitative estimate of drug-likeness (QED) is 0.767. The molecule has 1 heterocycles. The summed E-state index contributed by atoms with van der Waals surface area (Å²) in [5.74, 6) is -0.624. The molecule has 0 aromatic heterocycles. The number of nitrogens with zero attached hydrogens (tertiary/aromatic N) is 2. The smallest absolute Gasteiger partial charge is 0.251 e. The van der Waals surface area contributed by atoms with E-state index in [1.807, 2.05) is 18.2 Å². The lowest BCUT2D eigenvalue weighted by molar-refractivity contribution is 0.100. The number of carbonyl (C=O) groups is 1. The third-order valence-electron chi connectivity index (χ3n) is 5.14. The summed E-state index contributed by atoms with van der Waals surface area (Å²) in [6.07, 6.45) is 2.29. The third kappa shape index (κ3) is 4.69. The second-order valence-corrected chi connectivity index (χ2v) is 7.63. The van der Waals surface area contributed by atoms with Gasteiger partial charge < -0.3 is 15.5 Å². The fourth-order valence-corrected chi connectivity index (χ4v) is 4.15. The number of benzene rings is 2. The summed E-state index contributed by atoms with van der Waals surface area (Å²) >= 11 is 12.5. The zero-order valence-electron chi connectivity index (χ0n) is 15.4. The molecule has 1 aliphatic heterocycles. The second kappa shape index (κ2) is 9.16. The number of nitrogens with two attached hydrogens (primary N) is 1. The van der Waals surface area contributed by atoms with Crippen LogP contribution in [0.5, 0.6) is 0 Å². The van der Waals surface area contributed by atoms with Gasteiger partial charge in [-0.25, -0.2) is 0 Å². The Hall–Kier alpha value is -1.46. The lowest BCUT2D eigenvalue weighted by Gasteiger charge is -2.36. The van der Waals surface area contributed by atoms with E-state index in [0.29, 0.717) is 11.1 Å². The summed E-state index contributed by atoms with van der Waals surface area (Å²) in [7, 11) is 4.29. The van der Waals surface area contributed by atoms with Gasteiger partial charge in [0.1, 0.15) is 0 Å². The molecule has 1 amide bonds. The molecule has 0 spiro atoms. The second-order valence-electron chi connectivity index (χ2n) is 6.84. The van der Waals surface area contributed by atoms with Crippen LogP contribution in [0.1, 0.15) is 23.2 Å². The first-order valence-electron chi connectivity index (χ1n) is 8.68. The first kappa shape index (κ1) is 21.8. The third-order valence-corrected chi connectivity index (χ3v) is 5.85. The van der Waals surface area contributed by atoms with Gasteiger partial charge in [0.05, 0.1) is 15.6 Å². The minimum atomic E-state index is -0.624. The number of anilines is 1. The fraction of sp³-hybridized carbons (Fsp3) is 0.350. The highest BCUT2D eigenvalue weighted by Crippen LogP contribution is 2.36. The van der Waals surface area contributed by atoms with Gasteiger partial charge in [0.25, 0.3) is 5.91 Å². The Morgan fingerprint density at radius 1 is 1.19 bits per heavy atom. The number of likely N-dealkylation sites (tertiary alicyclic amines) is 1. The number of primary amides is 1. The molecule has 0 saturated carbocycles. The highest BCUT2D eigenvalue weighted by molar-refractivity contribution is 6.41. The summed E-state index contributed by atoms with van der Waals surface area (Å²) in [6, 6.07) is 12.2. The minimum Gasteiger partial charge on any atom is -0.371 e. The summed E-state index contributed by atoms with van der Waals surface area (Å²) in [6.45, 7) is 2.22. The molecule has 0 aliphatic carbocycles. The van der Waals surface area contributed by atoms with E-state index in [-0.39, 0.29) is 23.0 Å². The molecule has 2 aromatic carbocycles. The van der Waals surface area contributed by atoms with E-state index < -0.39 is 5.91 Å². The summed E-state index contributed by atoms with van der Waals surface area (Å²) in [5.41, 5.74) is 8.41. The van der Waals surface area contributed by atoms with E-state index in [1.54, 1.807) is 6.07 Å². The van der Waals surface area contributed by atoms with E-state index in [2.05, 4.69) is 36.0 Å². The molecule has 3 rings (SSSR count). The number of rotatable bonds is 4. The maximum Gasteiger partial charge on any atom is 0.251 e. The molecule has 0 radical (unpaired) electrons. The van der Waals surface area contributed by atoms with Crippen LogP contribution >= 0.6 is 35.6 Å². The van der Waals surface area contributed by atoms with E-state index in [4.69, 9.17) is 28.9 Å². The van der Waals surface area contributed by atoms with Gasteiger partial charge in [-0.05, 0) is 56.7 Å². The standard InChI is InChI=1S/C20H23Cl2N3O.ClH/c1-24-10-8-14(9-11-24)25(2)15-5-3-4-13(12-15)16-6-7-17(21)18(19(16)22)20(23)26;/h3-7,12,14H,8-11H2,1-2H3,(H2,23,26);1H. The maximum atomic E-state index is 11.7. The van der Waals surface area contributed by atoms with E-state index >= 15 is 0 Å². The maximum absolute atomic E-state index is 11.7. The summed E-state index contributed by atoms with van der Waals surface area (Å²) in [4.78, 5) is 16.4. The number of amides is 1. The van der Waals surface area contributed by atoms with Gasteiger partial charge in [-0.3, -0.25) is 4.79 Å². The van der Waals surface area contributed by atoms with Crippen molar-refractivity contribution in [3.05, 3.63) is 52.0 Å². The molecular weight excluding hydrogens is 405 g/mol. The molecule has 7 heteroatoms. The molecule has 2 N–H and O–H groups in total. The van der Waals surface area contributed by atoms with Crippen LogP contribution < -0.4 is 10.6 Å².